The number of carbonyl (C=O) groups excluding carboxylic acids is 3. The Morgan fingerprint density at radius 3 is 2.55 bits per heavy atom. The van der Waals surface area contributed by atoms with Gasteiger partial charge in [0.15, 0.2) is 18.1 Å². The van der Waals surface area contributed by atoms with Gasteiger partial charge in [0.2, 0.25) is 0 Å². The van der Waals surface area contributed by atoms with E-state index in [9.17, 15) is 14.4 Å². The lowest BCUT2D eigenvalue weighted by Gasteiger charge is -2.12. The lowest BCUT2D eigenvalue weighted by molar-refractivity contribution is -0.145. The van der Waals surface area contributed by atoms with E-state index in [2.05, 4.69) is 0 Å². The number of ether oxygens (including phenoxy) is 3. The predicted octanol–water partition coefficient (Wildman–Crippen LogP) is 3.88. The van der Waals surface area contributed by atoms with Crippen LogP contribution in [0, 0.1) is 0 Å². The maximum absolute atomic E-state index is 12.7. The van der Waals surface area contributed by atoms with Crippen molar-refractivity contribution in [3.63, 3.8) is 0 Å². The Hall–Kier alpha value is -3.26. The van der Waals surface area contributed by atoms with Gasteiger partial charge in [-0.25, -0.2) is 9.69 Å². The van der Waals surface area contributed by atoms with E-state index in [1.807, 2.05) is 6.07 Å². The number of para-hydroxylation sites is 1. The topological polar surface area (TPSA) is 82.1 Å². The molecular weight excluding hydrogens is 394 g/mol. The van der Waals surface area contributed by atoms with Crippen molar-refractivity contribution in [1.29, 1.82) is 0 Å². The third-order valence-electron chi connectivity index (χ3n) is 3.94. The average molecular weight is 413 g/mol. The van der Waals surface area contributed by atoms with Crippen molar-refractivity contribution in [1.82, 2.24) is 0 Å². The summed E-state index contributed by atoms with van der Waals surface area (Å²) in [6.07, 6.45) is 1.62. The van der Waals surface area contributed by atoms with Crippen LogP contribution in [0.2, 0.25) is 0 Å². The van der Waals surface area contributed by atoms with Crippen LogP contribution in [-0.4, -0.2) is 37.4 Å². The third kappa shape index (κ3) is 4.78. The molecule has 150 valence electrons. The SMILES string of the molecule is CCOC(=O)COc1ccc(/C=C2/SC(=O)N(c3ccccc3)C2=O)cc1OC. The van der Waals surface area contributed by atoms with Crippen LogP contribution in [-0.2, 0) is 14.3 Å². The van der Waals surface area contributed by atoms with Gasteiger partial charge in [-0.2, -0.15) is 0 Å². The first-order chi connectivity index (χ1) is 14.0. The summed E-state index contributed by atoms with van der Waals surface area (Å²) < 4.78 is 15.6. The van der Waals surface area contributed by atoms with Crippen LogP contribution in [0.3, 0.4) is 0 Å². The fraction of sp³-hybridized carbons (Fsp3) is 0.190. The van der Waals surface area contributed by atoms with Gasteiger partial charge >= 0.3 is 5.97 Å². The van der Waals surface area contributed by atoms with E-state index < -0.39 is 5.97 Å². The molecule has 1 fully saturated rings. The van der Waals surface area contributed by atoms with Crippen molar-refractivity contribution < 1.29 is 28.6 Å². The van der Waals surface area contributed by atoms with Crippen molar-refractivity contribution in [2.75, 3.05) is 25.2 Å². The first-order valence-corrected chi connectivity index (χ1v) is 9.64. The zero-order valence-electron chi connectivity index (χ0n) is 15.9. The molecule has 1 aliphatic heterocycles. The molecule has 8 heteroatoms. The maximum atomic E-state index is 12.7. The predicted molar refractivity (Wildman–Crippen MR) is 110 cm³/mol. The number of nitrogens with zero attached hydrogens (tertiary/aromatic N) is 1. The zero-order valence-corrected chi connectivity index (χ0v) is 16.7. The molecule has 7 nitrogen and oxygen atoms in total. The summed E-state index contributed by atoms with van der Waals surface area (Å²) in [6, 6.07) is 13.8. The first kappa shape index (κ1) is 20.5. The zero-order chi connectivity index (χ0) is 20.8. The van der Waals surface area contributed by atoms with Gasteiger partial charge in [-0.3, -0.25) is 9.59 Å². The first-order valence-electron chi connectivity index (χ1n) is 8.83. The van der Waals surface area contributed by atoms with Gasteiger partial charge in [-0.05, 0) is 54.6 Å². The number of amides is 2. The fourth-order valence-electron chi connectivity index (χ4n) is 2.65. The van der Waals surface area contributed by atoms with E-state index in [0.717, 1.165) is 16.7 Å². The number of methoxy groups -OCH3 is 1. The second-order valence-electron chi connectivity index (χ2n) is 5.86. The Morgan fingerprint density at radius 1 is 1.10 bits per heavy atom. The fourth-order valence-corrected chi connectivity index (χ4v) is 3.49. The standard InChI is InChI=1S/C21H19NO6S/c1-3-27-19(23)13-28-16-10-9-14(11-17(16)26-2)12-18-20(24)22(21(25)29-18)15-7-5-4-6-8-15/h4-12H,3,13H2,1-2H3/b18-12+. The summed E-state index contributed by atoms with van der Waals surface area (Å²) in [7, 11) is 1.47. The Balaban J connectivity index is 1.79. The van der Waals surface area contributed by atoms with Gasteiger partial charge < -0.3 is 14.2 Å². The highest BCUT2D eigenvalue weighted by molar-refractivity contribution is 8.19. The molecule has 2 aromatic carbocycles. The third-order valence-corrected chi connectivity index (χ3v) is 4.81. The molecule has 2 amide bonds. The van der Waals surface area contributed by atoms with Gasteiger partial charge in [0.25, 0.3) is 11.1 Å². The molecule has 29 heavy (non-hydrogen) atoms. The van der Waals surface area contributed by atoms with E-state index >= 15 is 0 Å². The van der Waals surface area contributed by atoms with Crippen LogP contribution < -0.4 is 14.4 Å². The summed E-state index contributed by atoms with van der Waals surface area (Å²) >= 11 is 0.874. The van der Waals surface area contributed by atoms with Crippen molar-refractivity contribution in [3.8, 4) is 11.5 Å². The molecule has 0 saturated carbocycles. The van der Waals surface area contributed by atoms with Crippen molar-refractivity contribution in [2.24, 2.45) is 0 Å². The monoisotopic (exact) mass is 413 g/mol. The number of thioether (sulfide) groups is 1. The van der Waals surface area contributed by atoms with Gasteiger partial charge in [-0.15, -0.1) is 0 Å². The summed E-state index contributed by atoms with van der Waals surface area (Å²) in [5, 5.41) is -0.353. The van der Waals surface area contributed by atoms with E-state index in [0.29, 0.717) is 27.7 Å². The second-order valence-corrected chi connectivity index (χ2v) is 6.85. The van der Waals surface area contributed by atoms with E-state index in [1.165, 1.54) is 7.11 Å². The van der Waals surface area contributed by atoms with Crippen LogP contribution in [0.4, 0.5) is 10.5 Å². The molecule has 1 saturated heterocycles. The molecule has 0 aliphatic carbocycles. The lowest BCUT2D eigenvalue weighted by atomic mass is 10.2. The van der Waals surface area contributed by atoms with Crippen LogP contribution in [0.1, 0.15) is 12.5 Å². The lowest BCUT2D eigenvalue weighted by Crippen LogP contribution is -2.27. The van der Waals surface area contributed by atoms with E-state index in [1.54, 1.807) is 55.5 Å². The van der Waals surface area contributed by atoms with Crippen LogP contribution >= 0.6 is 11.8 Å². The van der Waals surface area contributed by atoms with Gasteiger partial charge in [0.1, 0.15) is 0 Å². The summed E-state index contributed by atoms with van der Waals surface area (Å²) in [4.78, 5) is 37.9. The van der Waals surface area contributed by atoms with Gasteiger partial charge in [-0.1, -0.05) is 24.3 Å². The number of carbonyl (C=O) groups is 3. The molecule has 0 N–H and O–H groups in total. The molecule has 1 heterocycles. The smallest absolute Gasteiger partial charge is 0.344 e. The Morgan fingerprint density at radius 2 is 1.86 bits per heavy atom. The molecule has 0 unspecified atom stereocenters. The molecule has 3 rings (SSSR count). The highest BCUT2D eigenvalue weighted by atomic mass is 32.2. The minimum atomic E-state index is -0.479. The molecule has 0 bridgehead atoms. The minimum absolute atomic E-state index is 0.237. The van der Waals surface area contributed by atoms with E-state index in [-0.39, 0.29) is 24.4 Å². The highest BCUT2D eigenvalue weighted by Gasteiger charge is 2.36. The number of imide groups is 1. The average Bonchev–Trinajstić information content (AvgIpc) is 3.00. The summed E-state index contributed by atoms with van der Waals surface area (Å²) in [6.45, 7) is 1.75. The number of hydrogen-bond donors (Lipinski definition) is 0. The number of benzene rings is 2. The van der Waals surface area contributed by atoms with Crippen LogP contribution in [0.25, 0.3) is 6.08 Å². The Bertz CT molecular complexity index is 957. The van der Waals surface area contributed by atoms with E-state index in [4.69, 9.17) is 14.2 Å². The number of rotatable bonds is 7. The number of esters is 1. The molecule has 0 atom stereocenters. The second kappa shape index (κ2) is 9.29. The van der Waals surface area contributed by atoms with Crippen LogP contribution in [0.15, 0.2) is 53.4 Å². The molecule has 1 aliphatic rings. The largest absolute Gasteiger partial charge is 0.493 e. The van der Waals surface area contributed by atoms with Crippen LogP contribution in [0.5, 0.6) is 11.5 Å². The maximum Gasteiger partial charge on any atom is 0.344 e. The van der Waals surface area contributed by atoms with Crippen molar-refractivity contribution in [2.45, 2.75) is 6.92 Å². The van der Waals surface area contributed by atoms with Gasteiger partial charge in [0, 0.05) is 0 Å². The Labute approximate surface area is 172 Å². The normalized spacial score (nSPS) is 15.0. The minimum Gasteiger partial charge on any atom is -0.493 e. The highest BCUT2D eigenvalue weighted by Crippen LogP contribution is 2.36. The number of anilines is 1. The summed E-state index contributed by atoms with van der Waals surface area (Å²) in [5.41, 5.74) is 1.18. The number of hydrogen-bond acceptors (Lipinski definition) is 7. The quantitative estimate of drug-likeness (QED) is 0.503. The molecule has 0 aromatic heterocycles. The van der Waals surface area contributed by atoms with Gasteiger partial charge in [0.05, 0.1) is 24.3 Å². The van der Waals surface area contributed by atoms with Crippen molar-refractivity contribution >= 4 is 40.6 Å². The summed E-state index contributed by atoms with van der Waals surface area (Å²) in [5.74, 6) is -0.0959. The molecular formula is C21H19NO6S. The Kier molecular flexibility index (Phi) is 6.56. The molecule has 0 radical (unpaired) electrons. The molecule has 2 aromatic rings. The molecule has 0 spiro atoms. The van der Waals surface area contributed by atoms with Crippen molar-refractivity contribution in [3.05, 3.63) is 59.0 Å².